The molecule has 2 aromatic rings. The third kappa shape index (κ3) is 3.08. The Morgan fingerprint density at radius 2 is 2.11 bits per heavy atom. The average Bonchev–Trinajstić information content (AvgIpc) is 2.69. The highest BCUT2D eigenvalue weighted by atomic mass is 32.1. The molecular weight excluding hydrogens is 262 g/mol. The Hall–Kier alpha value is -1.95. The van der Waals surface area contributed by atoms with Crippen LogP contribution in [0.1, 0.15) is 39.0 Å². The standard InChI is InChI=1S/C13H15N3O2S/c1-7-12(19-9(3)14-7)8(2)15-11-6-4-5-10(16-11)13(17)18/h4-6,8H,1-3H3,(H,15,16)(H,17,18). The van der Waals surface area contributed by atoms with Gasteiger partial charge in [0, 0.05) is 4.88 Å². The summed E-state index contributed by atoms with van der Waals surface area (Å²) in [5.74, 6) is -0.473. The largest absolute Gasteiger partial charge is 0.477 e. The van der Waals surface area contributed by atoms with E-state index in [4.69, 9.17) is 5.11 Å². The van der Waals surface area contributed by atoms with Crippen LogP contribution < -0.4 is 5.32 Å². The minimum Gasteiger partial charge on any atom is -0.477 e. The summed E-state index contributed by atoms with van der Waals surface area (Å²) < 4.78 is 0. The number of nitrogens with zero attached hydrogens (tertiary/aromatic N) is 2. The molecule has 100 valence electrons. The summed E-state index contributed by atoms with van der Waals surface area (Å²) in [4.78, 5) is 20.4. The molecule has 0 aliphatic carbocycles. The first kappa shape index (κ1) is 13.5. The molecule has 0 spiro atoms. The highest BCUT2D eigenvalue weighted by Gasteiger charge is 2.14. The molecule has 2 rings (SSSR count). The van der Waals surface area contributed by atoms with E-state index in [1.165, 1.54) is 6.07 Å². The fraction of sp³-hybridized carbons (Fsp3) is 0.308. The Morgan fingerprint density at radius 3 is 2.68 bits per heavy atom. The summed E-state index contributed by atoms with van der Waals surface area (Å²) in [5, 5.41) is 13.1. The van der Waals surface area contributed by atoms with Crippen LogP contribution in [-0.2, 0) is 0 Å². The molecular formula is C13H15N3O2S. The number of pyridine rings is 1. The van der Waals surface area contributed by atoms with Gasteiger partial charge < -0.3 is 10.4 Å². The number of hydrogen-bond acceptors (Lipinski definition) is 5. The molecule has 1 unspecified atom stereocenters. The van der Waals surface area contributed by atoms with Crippen molar-refractivity contribution in [1.29, 1.82) is 0 Å². The molecule has 0 aliphatic rings. The maximum absolute atomic E-state index is 10.9. The van der Waals surface area contributed by atoms with Crippen LogP contribution in [0.15, 0.2) is 18.2 Å². The van der Waals surface area contributed by atoms with Crippen molar-refractivity contribution in [2.24, 2.45) is 0 Å². The van der Waals surface area contributed by atoms with E-state index >= 15 is 0 Å². The van der Waals surface area contributed by atoms with Crippen LogP contribution in [-0.4, -0.2) is 21.0 Å². The number of carboxylic acid groups (broad SMARTS) is 1. The fourth-order valence-electron chi connectivity index (χ4n) is 1.87. The quantitative estimate of drug-likeness (QED) is 0.898. The van der Waals surface area contributed by atoms with Crippen LogP contribution >= 0.6 is 11.3 Å². The van der Waals surface area contributed by atoms with E-state index in [1.54, 1.807) is 23.5 Å². The van der Waals surface area contributed by atoms with Crippen molar-refractivity contribution < 1.29 is 9.90 Å². The van der Waals surface area contributed by atoms with Crippen molar-refractivity contribution in [2.45, 2.75) is 26.8 Å². The third-order valence-corrected chi connectivity index (χ3v) is 3.92. The Bertz CT molecular complexity index is 610. The lowest BCUT2D eigenvalue weighted by Crippen LogP contribution is -2.09. The van der Waals surface area contributed by atoms with Crippen LogP contribution in [0.5, 0.6) is 0 Å². The van der Waals surface area contributed by atoms with Gasteiger partial charge in [-0.25, -0.2) is 14.8 Å². The maximum Gasteiger partial charge on any atom is 0.354 e. The van der Waals surface area contributed by atoms with Crippen LogP contribution in [0.2, 0.25) is 0 Å². The highest BCUT2D eigenvalue weighted by molar-refractivity contribution is 7.11. The number of nitrogens with one attached hydrogen (secondary N) is 1. The van der Waals surface area contributed by atoms with Crippen LogP contribution in [0.25, 0.3) is 0 Å². The molecule has 2 heterocycles. The normalized spacial score (nSPS) is 12.2. The van der Waals surface area contributed by atoms with Crippen molar-refractivity contribution in [2.75, 3.05) is 5.32 Å². The van der Waals surface area contributed by atoms with E-state index in [-0.39, 0.29) is 11.7 Å². The summed E-state index contributed by atoms with van der Waals surface area (Å²) >= 11 is 1.63. The zero-order chi connectivity index (χ0) is 14.0. The zero-order valence-corrected chi connectivity index (χ0v) is 11.8. The molecule has 1 atom stereocenters. The Kier molecular flexibility index (Phi) is 3.80. The number of thiazole rings is 1. The molecule has 0 saturated heterocycles. The van der Waals surface area contributed by atoms with Gasteiger partial charge in [0.1, 0.15) is 5.82 Å². The zero-order valence-electron chi connectivity index (χ0n) is 11.0. The summed E-state index contributed by atoms with van der Waals surface area (Å²) in [6.07, 6.45) is 0. The second-order valence-corrected chi connectivity index (χ2v) is 5.50. The van der Waals surface area contributed by atoms with Gasteiger partial charge in [-0.2, -0.15) is 0 Å². The van der Waals surface area contributed by atoms with Crippen molar-refractivity contribution in [3.05, 3.63) is 39.5 Å². The Balaban J connectivity index is 2.19. The monoisotopic (exact) mass is 277 g/mol. The van der Waals surface area contributed by atoms with Gasteiger partial charge >= 0.3 is 5.97 Å². The first-order valence-corrected chi connectivity index (χ1v) is 6.70. The molecule has 5 nitrogen and oxygen atoms in total. The van der Waals surface area contributed by atoms with E-state index in [0.29, 0.717) is 5.82 Å². The number of aromatic carboxylic acids is 1. The van der Waals surface area contributed by atoms with E-state index in [1.807, 2.05) is 20.8 Å². The predicted octanol–water partition coefficient (Wildman–Crippen LogP) is 3.03. The van der Waals surface area contributed by atoms with Crippen LogP contribution in [0.4, 0.5) is 5.82 Å². The first-order valence-electron chi connectivity index (χ1n) is 5.88. The summed E-state index contributed by atoms with van der Waals surface area (Å²) in [7, 11) is 0. The molecule has 0 aromatic carbocycles. The minimum absolute atomic E-state index is 0.0365. The average molecular weight is 277 g/mol. The van der Waals surface area contributed by atoms with Crippen molar-refractivity contribution in [3.8, 4) is 0 Å². The molecule has 2 aromatic heterocycles. The van der Waals surface area contributed by atoms with E-state index in [2.05, 4.69) is 15.3 Å². The van der Waals surface area contributed by atoms with E-state index < -0.39 is 5.97 Å². The van der Waals surface area contributed by atoms with Gasteiger partial charge in [-0.05, 0) is 32.9 Å². The molecule has 0 amide bonds. The Morgan fingerprint density at radius 1 is 1.37 bits per heavy atom. The van der Waals surface area contributed by atoms with E-state index in [0.717, 1.165) is 15.6 Å². The highest BCUT2D eigenvalue weighted by Crippen LogP contribution is 2.26. The molecule has 2 N–H and O–H groups in total. The van der Waals surface area contributed by atoms with Gasteiger partial charge in [0.05, 0.1) is 16.7 Å². The minimum atomic E-state index is -1.03. The topological polar surface area (TPSA) is 75.1 Å². The molecule has 0 radical (unpaired) electrons. The van der Waals surface area contributed by atoms with Gasteiger partial charge in [-0.15, -0.1) is 11.3 Å². The molecule has 0 bridgehead atoms. The number of aromatic nitrogens is 2. The molecule has 0 fully saturated rings. The second kappa shape index (κ2) is 5.36. The molecule has 19 heavy (non-hydrogen) atoms. The van der Waals surface area contributed by atoms with Gasteiger partial charge in [-0.3, -0.25) is 0 Å². The molecule has 0 aliphatic heterocycles. The van der Waals surface area contributed by atoms with E-state index in [9.17, 15) is 4.79 Å². The SMILES string of the molecule is Cc1nc(C)c(C(C)Nc2cccc(C(=O)O)n2)s1. The maximum atomic E-state index is 10.9. The molecule has 6 heteroatoms. The van der Waals surface area contributed by atoms with Gasteiger partial charge in [0.15, 0.2) is 5.69 Å². The van der Waals surface area contributed by atoms with Crippen molar-refractivity contribution >= 4 is 23.1 Å². The second-order valence-electron chi connectivity index (χ2n) is 4.26. The lowest BCUT2D eigenvalue weighted by Gasteiger charge is -2.13. The van der Waals surface area contributed by atoms with Crippen LogP contribution in [0.3, 0.4) is 0 Å². The molecule has 0 saturated carbocycles. The number of anilines is 1. The third-order valence-electron chi connectivity index (χ3n) is 2.67. The Labute approximate surface area is 115 Å². The lowest BCUT2D eigenvalue weighted by molar-refractivity contribution is 0.0690. The summed E-state index contributed by atoms with van der Waals surface area (Å²) in [6, 6.07) is 4.95. The van der Waals surface area contributed by atoms with Gasteiger partial charge in [0.25, 0.3) is 0 Å². The number of carboxylic acids is 1. The first-order chi connectivity index (χ1) is 8.97. The fourth-order valence-corrected chi connectivity index (χ4v) is 2.80. The number of rotatable bonds is 4. The van der Waals surface area contributed by atoms with Gasteiger partial charge in [-0.1, -0.05) is 6.07 Å². The summed E-state index contributed by atoms with van der Waals surface area (Å²) in [5.41, 5.74) is 1.03. The van der Waals surface area contributed by atoms with Crippen LogP contribution in [0, 0.1) is 13.8 Å². The number of aryl methyl sites for hydroxylation is 2. The number of carbonyl (C=O) groups is 1. The lowest BCUT2D eigenvalue weighted by atomic mass is 10.2. The van der Waals surface area contributed by atoms with Crippen molar-refractivity contribution in [3.63, 3.8) is 0 Å². The van der Waals surface area contributed by atoms with Gasteiger partial charge in [0.2, 0.25) is 0 Å². The number of hydrogen-bond donors (Lipinski definition) is 2. The van der Waals surface area contributed by atoms with Crippen molar-refractivity contribution in [1.82, 2.24) is 9.97 Å². The predicted molar refractivity (Wildman–Crippen MR) is 74.8 cm³/mol. The smallest absolute Gasteiger partial charge is 0.354 e. The summed E-state index contributed by atoms with van der Waals surface area (Å²) in [6.45, 7) is 5.95.